The minimum Gasteiger partial charge on any atom is 0.316 e. The fraction of sp³-hybridized carbons (Fsp3) is 0. The van der Waals surface area contributed by atoms with Crippen LogP contribution < -0.4 is 6.15 Å². The quantitative estimate of drug-likeness (QED) is 0.293. The van der Waals surface area contributed by atoms with Gasteiger partial charge in [-0.25, -0.2) is 0 Å². The third kappa shape index (κ3) is 19.6. The Balaban J connectivity index is 0. The Bertz CT molecular complexity index is 11.6. The molecule has 0 fully saturated rings. The molecule has 0 heterocycles. The zero-order valence-electron chi connectivity index (χ0n) is 1.41. The van der Waals surface area contributed by atoms with E-state index in [1.807, 2.05) is 0 Å². The summed E-state index contributed by atoms with van der Waals surface area (Å²) in [4.78, 5) is 0. The van der Waals surface area contributed by atoms with E-state index in [2.05, 4.69) is 0 Å². The van der Waals surface area contributed by atoms with Crippen LogP contribution in [0, 0.1) is 0 Å². The van der Waals surface area contributed by atoms with Gasteiger partial charge in [0.05, 0.1) is 0 Å². The largest absolute Gasteiger partial charge is 0.316 e. The van der Waals surface area contributed by atoms with Crippen molar-refractivity contribution < 1.29 is 0 Å². The third-order valence-electron chi connectivity index (χ3n) is 0. The summed E-state index contributed by atoms with van der Waals surface area (Å²) in [6.45, 7) is 0. The summed E-state index contributed by atoms with van der Waals surface area (Å²) in [6.07, 6.45) is 0. The van der Waals surface area contributed by atoms with E-state index in [0.29, 0.717) is 0 Å². The molecule has 0 aromatic heterocycles. The van der Waals surface area contributed by atoms with Gasteiger partial charge < -0.3 is 6.15 Å². The van der Waals surface area contributed by atoms with E-state index in [1.165, 1.54) is 0 Å². The van der Waals surface area contributed by atoms with Gasteiger partial charge in [0.25, 0.3) is 0 Å². The Kier molecular flexibility index (Phi) is 250. The van der Waals surface area contributed by atoms with Gasteiger partial charge in [-0.2, -0.15) is 9.90 Å². The van der Waals surface area contributed by atoms with E-state index in [9.17, 15) is 0 Å². The maximum Gasteiger partial charge on any atom is 0.316 e. The zero-order valence-corrected chi connectivity index (χ0v) is 2.83. The predicted octanol–water partition coefficient (Wildman–Crippen LogP) is -2.80. The van der Waals surface area contributed by atoms with Gasteiger partial charge in [0, 0.05) is 0 Å². The van der Waals surface area contributed by atoms with Gasteiger partial charge in [0.1, 0.15) is 0 Å². The van der Waals surface area contributed by atoms with Crippen molar-refractivity contribution in [2.24, 2.45) is 0 Å². The van der Waals surface area contributed by atoms with Gasteiger partial charge in [0.2, 0.25) is 0 Å². The van der Waals surface area contributed by atoms with E-state index < -0.39 is 0 Å². The molecule has 0 aromatic carbocycles. The van der Waals surface area contributed by atoms with Crippen LogP contribution >= 0.6 is 9.90 Å². The van der Waals surface area contributed by atoms with Crippen molar-refractivity contribution in [2.75, 3.05) is 0 Å². The summed E-state index contributed by atoms with van der Waals surface area (Å²) < 4.78 is 0. The standard InChI is InChI=1S/Al.Ca.Mg.H3N.H3P.7H/h;;;2*1H3;;;;;;;. The molecule has 0 aromatic rings. The minimum atomic E-state index is 0. The fourth-order valence-corrected chi connectivity index (χ4v) is 0. The smallest absolute Gasteiger partial charge is 0.316 e. The molecule has 1 nitrogen and oxygen atoms in total. The first-order valence-corrected chi connectivity index (χ1v) is 0. The van der Waals surface area contributed by atoms with Crippen LogP contribution in [0.25, 0.3) is 0 Å². The van der Waals surface area contributed by atoms with Crippen LogP contribution in [0.3, 0.4) is 0 Å². The van der Waals surface area contributed by atoms with Gasteiger partial charge in [-0.1, -0.05) is 0 Å². The van der Waals surface area contributed by atoms with Crippen molar-refractivity contribution in [3.05, 3.63) is 0 Å². The number of rotatable bonds is 0. The molecule has 0 saturated carbocycles. The van der Waals surface area contributed by atoms with Crippen LogP contribution in [0.4, 0.5) is 0 Å². The normalized spacial score (nSPS) is 0. The van der Waals surface area contributed by atoms with Crippen molar-refractivity contribution in [1.82, 2.24) is 6.15 Å². The van der Waals surface area contributed by atoms with Crippen LogP contribution in [0.2, 0.25) is 0 Å². The molecular formula is H13AlCaMgNP. The fourth-order valence-electron chi connectivity index (χ4n) is 0. The molecule has 0 rings (SSSR count). The summed E-state index contributed by atoms with van der Waals surface area (Å²) in [7, 11) is 0. The Hall–Kier alpha value is 2.95. The molecule has 0 bridgehead atoms. The van der Waals surface area contributed by atoms with E-state index in [4.69, 9.17) is 0 Å². The van der Waals surface area contributed by atoms with Crippen LogP contribution in [0.15, 0.2) is 0 Å². The topological polar surface area (TPSA) is 35.0 Å². The molecule has 1 unspecified atom stereocenters. The molecule has 0 spiro atoms. The first-order chi connectivity index (χ1) is 0. The van der Waals surface area contributed by atoms with Gasteiger partial charge in [-0.05, 0) is 0 Å². The molecule has 30 valence electrons. The Morgan fingerprint density at radius 1 is 1.00 bits per heavy atom. The van der Waals surface area contributed by atoms with E-state index in [1.54, 1.807) is 0 Å². The minimum absolute atomic E-state index is 0. The molecule has 1 atom stereocenters. The third-order valence-corrected chi connectivity index (χ3v) is 0. The Morgan fingerprint density at radius 2 is 1.00 bits per heavy atom. The molecular weight excluding hydrogens is 136 g/mol. The molecule has 0 aliphatic rings. The monoisotopic (exact) mass is 149 g/mol. The van der Waals surface area contributed by atoms with E-state index >= 15 is 0 Å². The first kappa shape index (κ1) is 44.1. The number of hydrogen-bond acceptors (Lipinski definition) is 1. The number of hydrogen-bond donors (Lipinski definition) is 1. The van der Waals surface area contributed by atoms with Crippen molar-refractivity contribution in [2.45, 2.75) is 0 Å². The van der Waals surface area contributed by atoms with Gasteiger partial charge in [-0.3, -0.25) is 0 Å². The van der Waals surface area contributed by atoms with Crippen molar-refractivity contribution in [3.8, 4) is 0 Å². The molecule has 0 aliphatic carbocycles. The zero-order chi connectivity index (χ0) is 0. The second-order valence-corrected chi connectivity index (χ2v) is 0. The molecule has 5 heteroatoms. The summed E-state index contributed by atoms with van der Waals surface area (Å²) in [5.41, 5.74) is 0. The van der Waals surface area contributed by atoms with Crippen LogP contribution in [0.5, 0.6) is 0 Å². The molecule has 0 amide bonds. The van der Waals surface area contributed by atoms with E-state index in [0.717, 1.165) is 0 Å². The van der Waals surface area contributed by atoms with Crippen molar-refractivity contribution >= 4 is 88.1 Å². The SMILES string of the molecule is N.P.[AlH3].[CaH2].[MgH2]. The van der Waals surface area contributed by atoms with Crippen molar-refractivity contribution in [1.29, 1.82) is 0 Å². The van der Waals surface area contributed by atoms with E-state index in [-0.39, 0.29) is 94.2 Å². The molecule has 0 saturated heterocycles. The average Bonchev–Trinajstić information content (AvgIpc) is 0. The maximum atomic E-state index is 0. The first-order valence-electron chi connectivity index (χ1n) is 0. The van der Waals surface area contributed by atoms with Crippen molar-refractivity contribution in [3.63, 3.8) is 0 Å². The Morgan fingerprint density at radius 3 is 1.00 bits per heavy atom. The predicted molar refractivity (Wildman–Crippen MR) is 43.2 cm³/mol. The summed E-state index contributed by atoms with van der Waals surface area (Å²) >= 11 is 0. The summed E-state index contributed by atoms with van der Waals surface area (Å²) in [6, 6.07) is 0. The molecule has 5 heavy (non-hydrogen) atoms. The second-order valence-electron chi connectivity index (χ2n) is 0. The Labute approximate surface area is 92.5 Å². The van der Waals surface area contributed by atoms with Gasteiger partial charge in [-0.15, -0.1) is 0 Å². The molecule has 3 N–H and O–H groups in total. The van der Waals surface area contributed by atoms with Crippen LogP contribution in [0.1, 0.15) is 0 Å². The summed E-state index contributed by atoms with van der Waals surface area (Å²) in [5.74, 6) is 0. The van der Waals surface area contributed by atoms with Crippen LogP contribution in [-0.4, -0.2) is 78.2 Å². The average molecular weight is 149 g/mol. The maximum absolute atomic E-state index is 0. The van der Waals surface area contributed by atoms with Gasteiger partial charge >= 0.3 is 60.8 Å². The van der Waals surface area contributed by atoms with Gasteiger partial charge in [0.15, 0.2) is 17.4 Å². The molecule has 0 aliphatic heterocycles. The second kappa shape index (κ2) is 28.3. The summed E-state index contributed by atoms with van der Waals surface area (Å²) in [5, 5.41) is 0. The molecule has 0 radical (unpaired) electrons. The van der Waals surface area contributed by atoms with Crippen LogP contribution in [-0.2, 0) is 0 Å².